The van der Waals surface area contributed by atoms with Crippen molar-refractivity contribution < 1.29 is 0 Å². The summed E-state index contributed by atoms with van der Waals surface area (Å²) in [6.07, 6.45) is 0. The van der Waals surface area contributed by atoms with Crippen LogP contribution in [0.3, 0.4) is 0 Å². The van der Waals surface area contributed by atoms with Crippen LogP contribution in [0.15, 0.2) is 24.3 Å². The molecule has 0 saturated carbocycles. The topological polar surface area (TPSA) is 0 Å². The minimum Gasteiger partial charge on any atom is -0.151 e. The van der Waals surface area contributed by atoms with Crippen LogP contribution in [-0.2, 0) is 0 Å². The average Bonchev–Trinajstić information content (AvgIpc) is 2.71. The highest BCUT2D eigenvalue weighted by molar-refractivity contribution is 8.06. The number of aryl methyl sites for hydroxylation is 1. The van der Waals surface area contributed by atoms with E-state index in [2.05, 4.69) is 31.2 Å². The lowest BCUT2D eigenvalue weighted by molar-refractivity contribution is 1.22. The van der Waals surface area contributed by atoms with Crippen molar-refractivity contribution >= 4 is 11.8 Å². The van der Waals surface area contributed by atoms with Crippen molar-refractivity contribution in [2.24, 2.45) is 0 Å². The Hall–Kier alpha value is -0.430. The Morgan fingerprint density at radius 2 is 1.90 bits per heavy atom. The normalized spacial score (nSPS) is 22.7. The molecule has 0 bridgehead atoms. The van der Waals surface area contributed by atoms with Crippen molar-refractivity contribution in [2.45, 2.75) is 12.2 Å². The quantitative estimate of drug-likeness (QED) is 0.555. The van der Waals surface area contributed by atoms with Gasteiger partial charge in [0.2, 0.25) is 0 Å². The molecular weight excluding hydrogens is 140 g/mol. The maximum absolute atomic E-state index is 2.24. The molecule has 1 heteroatoms. The molecule has 1 unspecified atom stereocenters. The molecular formula is C9H10S. The second-order valence-corrected chi connectivity index (χ2v) is 3.97. The zero-order valence-electron chi connectivity index (χ0n) is 6.00. The molecule has 0 N–H and O–H groups in total. The summed E-state index contributed by atoms with van der Waals surface area (Å²) in [5, 5.41) is 0.820. The monoisotopic (exact) mass is 150 g/mol. The second-order valence-electron chi connectivity index (χ2n) is 2.73. The van der Waals surface area contributed by atoms with Gasteiger partial charge < -0.3 is 0 Å². The fourth-order valence-electron chi connectivity index (χ4n) is 1.02. The fraction of sp³-hybridized carbons (Fsp3) is 0.333. The van der Waals surface area contributed by atoms with Gasteiger partial charge in [-0.2, -0.15) is 11.8 Å². The third-order valence-electron chi connectivity index (χ3n) is 1.78. The average molecular weight is 150 g/mol. The molecule has 1 aromatic carbocycles. The van der Waals surface area contributed by atoms with Gasteiger partial charge in [-0.25, -0.2) is 0 Å². The van der Waals surface area contributed by atoms with Crippen molar-refractivity contribution in [1.29, 1.82) is 0 Å². The highest BCUT2D eigenvalue weighted by Gasteiger charge is 2.23. The van der Waals surface area contributed by atoms with Crippen molar-refractivity contribution in [1.82, 2.24) is 0 Å². The lowest BCUT2D eigenvalue weighted by Gasteiger charge is -1.95. The minimum atomic E-state index is 0.820. The Bertz CT molecular complexity index is 221. The Kier molecular flexibility index (Phi) is 1.46. The summed E-state index contributed by atoms with van der Waals surface area (Å²) in [6, 6.07) is 8.85. The molecule has 1 aliphatic heterocycles. The molecule has 1 aromatic rings. The van der Waals surface area contributed by atoms with Gasteiger partial charge in [-0.05, 0) is 12.5 Å². The smallest absolute Gasteiger partial charge is 0.0388 e. The van der Waals surface area contributed by atoms with E-state index in [9.17, 15) is 0 Å². The summed E-state index contributed by atoms with van der Waals surface area (Å²) < 4.78 is 0. The summed E-state index contributed by atoms with van der Waals surface area (Å²) in [5.41, 5.74) is 2.85. The first-order valence-electron chi connectivity index (χ1n) is 3.54. The van der Waals surface area contributed by atoms with Crippen LogP contribution in [0.2, 0.25) is 0 Å². The van der Waals surface area contributed by atoms with E-state index in [-0.39, 0.29) is 0 Å². The van der Waals surface area contributed by atoms with E-state index in [4.69, 9.17) is 0 Å². The van der Waals surface area contributed by atoms with Gasteiger partial charge in [0.25, 0.3) is 0 Å². The van der Waals surface area contributed by atoms with Crippen LogP contribution in [-0.4, -0.2) is 5.75 Å². The van der Waals surface area contributed by atoms with Crippen molar-refractivity contribution in [2.75, 3.05) is 5.75 Å². The third-order valence-corrected chi connectivity index (χ3v) is 2.72. The van der Waals surface area contributed by atoms with E-state index < -0.39 is 0 Å². The molecule has 0 spiro atoms. The molecule has 2 rings (SSSR count). The summed E-state index contributed by atoms with van der Waals surface area (Å²) in [5.74, 6) is 1.32. The molecule has 1 heterocycles. The summed E-state index contributed by atoms with van der Waals surface area (Å²) in [6.45, 7) is 2.13. The Balaban J connectivity index is 2.28. The molecule has 0 radical (unpaired) electrons. The first-order valence-corrected chi connectivity index (χ1v) is 4.59. The highest BCUT2D eigenvalue weighted by Crippen LogP contribution is 2.45. The molecule has 0 aliphatic carbocycles. The minimum absolute atomic E-state index is 0.820. The van der Waals surface area contributed by atoms with Crippen LogP contribution >= 0.6 is 11.8 Å². The van der Waals surface area contributed by atoms with Crippen LogP contribution in [0, 0.1) is 6.92 Å². The molecule has 10 heavy (non-hydrogen) atoms. The van der Waals surface area contributed by atoms with Gasteiger partial charge in [0, 0.05) is 11.0 Å². The van der Waals surface area contributed by atoms with Crippen molar-refractivity contribution in [3.8, 4) is 0 Å². The van der Waals surface area contributed by atoms with Gasteiger partial charge in [-0.15, -0.1) is 0 Å². The SMILES string of the molecule is Cc1ccc(C2CS2)cc1. The van der Waals surface area contributed by atoms with Gasteiger partial charge in [0.1, 0.15) is 0 Å². The van der Waals surface area contributed by atoms with Gasteiger partial charge in [-0.1, -0.05) is 29.8 Å². The Labute approximate surface area is 65.6 Å². The van der Waals surface area contributed by atoms with Gasteiger partial charge in [0.15, 0.2) is 0 Å². The van der Waals surface area contributed by atoms with E-state index in [0.717, 1.165) is 5.25 Å². The van der Waals surface area contributed by atoms with E-state index in [1.807, 2.05) is 11.8 Å². The standard InChI is InChI=1S/C9H10S/c1-7-2-4-8(5-3-7)9-6-10-9/h2-5,9H,6H2,1H3. The van der Waals surface area contributed by atoms with Crippen LogP contribution in [0.4, 0.5) is 0 Å². The third kappa shape index (κ3) is 1.19. The van der Waals surface area contributed by atoms with Crippen molar-refractivity contribution in [3.05, 3.63) is 35.4 Å². The maximum atomic E-state index is 2.24. The van der Waals surface area contributed by atoms with Gasteiger partial charge in [0.05, 0.1) is 0 Å². The maximum Gasteiger partial charge on any atom is 0.0388 e. The summed E-state index contributed by atoms with van der Waals surface area (Å²) in [4.78, 5) is 0. The molecule has 1 atom stereocenters. The Morgan fingerprint density at radius 1 is 1.30 bits per heavy atom. The van der Waals surface area contributed by atoms with Crippen LogP contribution < -0.4 is 0 Å². The van der Waals surface area contributed by atoms with Crippen LogP contribution in [0.1, 0.15) is 16.4 Å². The number of benzene rings is 1. The van der Waals surface area contributed by atoms with E-state index >= 15 is 0 Å². The molecule has 0 amide bonds. The molecule has 1 saturated heterocycles. The largest absolute Gasteiger partial charge is 0.151 e. The van der Waals surface area contributed by atoms with Gasteiger partial charge in [-0.3, -0.25) is 0 Å². The molecule has 1 aliphatic rings. The second kappa shape index (κ2) is 2.31. The highest BCUT2D eigenvalue weighted by atomic mass is 32.2. The number of thioether (sulfide) groups is 1. The summed E-state index contributed by atoms with van der Waals surface area (Å²) in [7, 11) is 0. The zero-order chi connectivity index (χ0) is 6.97. The van der Waals surface area contributed by atoms with Crippen molar-refractivity contribution in [3.63, 3.8) is 0 Å². The van der Waals surface area contributed by atoms with Crippen LogP contribution in [0.5, 0.6) is 0 Å². The van der Waals surface area contributed by atoms with E-state index in [0.29, 0.717) is 0 Å². The number of hydrogen-bond acceptors (Lipinski definition) is 1. The van der Waals surface area contributed by atoms with E-state index in [1.54, 1.807) is 0 Å². The summed E-state index contributed by atoms with van der Waals surface area (Å²) >= 11 is 2.03. The molecule has 1 fully saturated rings. The van der Waals surface area contributed by atoms with E-state index in [1.165, 1.54) is 16.9 Å². The lowest BCUT2D eigenvalue weighted by Crippen LogP contribution is -1.78. The first kappa shape index (κ1) is 6.29. The Morgan fingerprint density at radius 3 is 2.40 bits per heavy atom. The fourth-order valence-corrected chi connectivity index (χ4v) is 1.66. The van der Waals surface area contributed by atoms with Crippen LogP contribution in [0.25, 0.3) is 0 Å². The zero-order valence-corrected chi connectivity index (χ0v) is 6.82. The van der Waals surface area contributed by atoms with Gasteiger partial charge >= 0.3 is 0 Å². The molecule has 0 aromatic heterocycles. The molecule has 52 valence electrons. The number of rotatable bonds is 1. The number of hydrogen-bond donors (Lipinski definition) is 0. The first-order chi connectivity index (χ1) is 4.86. The molecule has 0 nitrogen and oxygen atoms in total. The predicted octanol–water partition coefficient (Wildman–Crippen LogP) is 2.78. The lowest BCUT2D eigenvalue weighted by atomic mass is 10.1. The predicted molar refractivity (Wildman–Crippen MR) is 46.4 cm³/mol.